The Morgan fingerprint density at radius 1 is 1.08 bits per heavy atom. The predicted octanol–water partition coefficient (Wildman–Crippen LogP) is 2.62. The monoisotopic (exact) mass is 535 g/mol. The van der Waals surface area contributed by atoms with Crippen LogP contribution in [0.25, 0.3) is 5.57 Å². The van der Waals surface area contributed by atoms with E-state index in [2.05, 4.69) is 0 Å². The highest BCUT2D eigenvalue weighted by molar-refractivity contribution is 6.41. The predicted molar refractivity (Wildman–Crippen MR) is 136 cm³/mol. The molecule has 6 atom stereocenters. The molecule has 39 heavy (non-hydrogen) atoms. The maximum absolute atomic E-state index is 14.3. The van der Waals surface area contributed by atoms with E-state index in [0.29, 0.717) is 11.1 Å². The lowest BCUT2D eigenvalue weighted by molar-refractivity contribution is -0.216. The number of esters is 1. The zero-order valence-electron chi connectivity index (χ0n) is 21.9. The number of nitrogens with zero attached hydrogens (tertiary/aromatic N) is 1. The van der Waals surface area contributed by atoms with E-state index in [-0.39, 0.29) is 51.8 Å². The van der Waals surface area contributed by atoms with Crippen LogP contribution in [0.3, 0.4) is 0 Å². The van der Waals surface area contributed by atoms with Crippen molar-refractivity contribution in [3.05, 3.63) is 63.8 Å². The number of ketones is 2. The van der Waals surface area contributed by atoms with Crippen LogP contribution in [-0.4, -0.2) is 68.4 Å². The van der Waals surface area contributed by atoms with Crippen LogP contribution in [0.15, 0.2) is 36.0 Å². The molecule has 3 N–H and O–H groups in total. The molecule has 10 nitrogen and oxygen atoms in total. The number of aromatic hydroxyl groups is 1. The number of carbonyl (C=O) groups is 3. The van der Waals surface area contributed by atoms with E-state index >= 15 is 0 Å². The molecule has 0 unspecified atom stereocenters. The van der Waals surface area contributed by atoms with Crippen molar-refractivity contribution >= 4 is 23.1 Å². The summed E-state index contributed by atoms with van der Waals surface area (Å²) in [6, 6.07) is 7.04. The van der Waals surface area contributed by atoms with Gasteiger partial charge in [-0.2, -0.15) is 0 Å². The van der Waals surface area contributed by atoms with Crippen LogP contribution >= 0.6 is 0 Å². The van der Waals surface area contributed by atoms with E-state index in [1.54, 1.807) is 30.9 Å². The minimum absolute atomic E-state index is 0.00577. The molecule has 3 aliphatic heterocycles. The van der Waals surface area contributed by atoms with Crippen LogP contribution in [0.4, 0.5) is 0 Å². The number of aliphatic hydroxyl groups is 2. The third-order valence-corrected chi connectivity index (χ3v) is 7.83. The molecule has 0 bridgehead atoms. The second-order valence-electron chi connectivity index (χ2n) is 10.9. The Labute approximate surface area is 224 Å². The highest BCUT2D eigenvalue weighted by atomic mass is 16.7. The molecule has 2 aromatic carbocycles. The standard InChI is InChI=1S/C29H29NO9/c1-11(2)23-29(36)39-28-15-8-12(3)9-16(31)20(15)22-24(30(23)28)27(35)21-14(26(22)34)6-5-7-18(21)38-19-10-17(32)25(33)13(4)37-19/h5-9,11,13,17,19,23,25,28,31-33H,10H2,1-4H3/t13-,17+,19-,23-,25-,28+/m0/s1. The van der Waals surface area contributed by atoms with Crippen LogP contribution in [0.1, 0.15) is 70.8 Å². The van der Waals surface area contributed by atoms with Gasteiger partial charge in [-0.1, -0.05) is 26.0 Å². The lowest BCUT2D eigenvalue weighted by Crippen LogP contribution is -2.48. The number of hydrogen-bond donors (Lipinski definition) is 3. The number of carbonyl (C=O) groups excluding carboxylic acids is 3. The smallest absolute Gasteiger partial charge is 0.331 e. The van der Waals surface area contributed by atoms with Crippen molar-refractivity contribution in [1.29, 1.82) is 0 Å². The van der Waals surface area contributed by atoms with Crippen molar-refractivity contribution in [2.75, 3.05) is 0 Å². The number of benzene rings is 2. The number of phenols is 1. The number of Topliss-reactive ketones (excluding diaryl/α,β-unsaturated/α-hetero) is 2. The quantitative estimate of drug-likeness (QED) is 0.502. The SMILES string of the molecule is Cc1cc(O)c2c(c1)[C@H]1OC(=O)[C@H](C(C)C)N1C1=C2C(=O)c2cccc(O[C@H]3C[C@@H](O)[C@@H](O)[C@H](C)O3)c2C1=O. The molecule has 0 aromatic heterocycles. The molecule has 3 heterocycles. The summed E-state index contributed by atoms with van der Waals surface area (Å²) in [5.41, 5.74) is 1.38. The Bertz CT molecular complexity index is 1450. The first kappa shape index (κ1) is 25.5. The molecule has 10 heteroatoms. The molecule has 6 rings (SSSR count). The number of fused-ring (bicyclic) bond motifs is 6. The van der Waals surface area contributed by atoms with Gasteiger partial charge in [0.1, 0.15) is 29.3 Å². The fourth-order valence-corrected chi connectivity index (χ4v) is 6.07. The molecule has 2 fully saturated rings. The van der Waals surface area contributed by atoms with Crippen molar-refractivity contribution in [3.8, 4) is 11.5 Å². The molecule has 1 aliphatic carbocycles. The number of ether oxygens (including phenoxy) is 3. The lowest BCUT2D eigenvalue weighted by atomic mass is 9.78. The summed E-state index contributed by atoms with van der Waals surface area (Å²) in [7, 11) is 0. The first-order chi connectivity index (χ1) is 18.5. The molecular weight excluding hydrogens is 506 g/mol. The van der Waals surface area contributed by atoms with Crippen LogP contribution in [0, 0.1) is 12.8 Å². The number of hydrogen-bond acceptors (Lipinski definition) is 10. The van der Waals surface area contributed by atoms with Gasteiger partial charge in [-0.15, -0.1) is 0 Å². The molecule has 0 radical (unpaired) electrons. The molecule has 2 aromatic rings. The zero-order chi connectivity index (χ0) is 27.9. The van der Waals surface area contributed by atoms with Gasteiger partial charge in [0.25, 0.3) is 0 Å². The third kappa shape index (κ3) is 3.70. The molecule has 0 saturated carbocycles. The van der Waals surface area contributed by atoms with E-state index < -0.39 is 54.4 Å². The van der Waals surface area contributed by atoms with Gasteiger partial charge in [0.05, 0.1) is 23.3 Å². The summed E-state index contributed by atoms with van der Waals surface area (Å²) >= 11 is 0. The van der Waals surface area contributed by atoms with Crippen LogP contribution in [0.5, 0.6) is 11.5 Å². The van der Waals surface area contributed by atoms with E-state index in [1.165, 1.54) is 18.2 Å². The maximum atomic E-state index is 14.3. The van der Waals surface area contributed by atoms with Crippen molar-refractivity contribution in [2.45, 2.75) is 71.0 Å². The van der Waals surface area contributed by atoms with Gasteiger partial charge in [0.2, 0.25) is 18.3 Å². The Kier molecular flexibility index (Phi) is 5.83. The minimum atomic E-state index is -1.09. The maximum Gasteiger partial charge on any atom is 0.331 e. The molecule has 0 spiro atoms. The van der Waals surface area contributed by atoms with E-state index in [9.17, 15) is 29.7 Å². The molecule has 4 aliphatic rings. The highest BCUT2D eigenvalue weighted by Crippen LogP contribution is 2.52. The first-order valence-corrected chi connectivity index (χ1v) is 13.0. The minimum Gasteiger partial charge on any atom is -0.507 e. The Hall–Kier alpha value is -3.73. The molecular formula is C29H29NO9. The number of aryl methyl sites for hydroxylation is 1. The van der Waals surface area contributed by atoms with Gasteiger partial charge in [-0.3, -0.25) is 9.59 Å². The summed E-state index contributed by atoms with van der Waals surface area (Å²) in [5.74, 6) is -1.95. The number of allylic oxidation sites excluding steroid dienone is 2. The largest absolute Gasteiger partial charge is 0.507 e. The van der Waals surface area contributed by atoms with Crippen LogP contribution in [0.2, 0.25) is 0 Å². The second kappa shape index (κ2) is 8.90. The van der Waals surface area contributed by atoms with E-state index in [1.807, 2.05) is 13.8 Å². The topological polar surface area (TPSA) is 143 Å². The fraction of sp³-hybridized carbons (Fsp3) is 0.414. The van der Waals surface area contributed by atoms with Crippen LogP contribution < -0.4 is 4.74 Å². The van der Waals surface area contributed by atoms with Gasteiger partial charge < -0.3 is 34.4 Å². The molecule has 2 saturated heterocycles. The average Bonchev–Trinajstić information content (AvgIpc) is 3.22. The van der Waals surface area contributed by atoms with Crippen molar-refractivity contribution < 1.29 is 43.9 Å². The average molecular weight is 536 g/mol. The highest BCUT2D eigenvalue weighted by Gasteiger charge is 2.54. The number of phenolic OH excluding ortho intramolecular Hbond substituents is 1. The second-order valence-corrected chi connectivity index (χ2v) is 10.9. The lowest BCUT2D eigenvalue weighted by Gasteiger charge is -2.40. The summed E-state index contributed by atoms with van der Waals surface area (Å²) < 4.78 is 17.4. The summed E-state index contributed by atoms with van der Waals surface area (Å²) in [6.45, 7) is 7.04. The Morgan fingerprint density at radius 2 is 1.82 bits per heavy atom. The fourth-order valence-electron chi connectivity index (χ4n) is 6.07. The number of rotatable bonds is 3. The Morgan fingerprint density at radius 3 is 2.51 bits per heavy atom. The Balaban J connectivity index is 1.52. The summed E-state index contributed by atoms with van der Waals surface area (Å²) in [4.78, 5) is 43.1. The van der Waals surface area contributed by atoms with Gasteiger partial charge in [-0.25, -0.2) is 4.79 Å². The number of aliphatic hydroxyl groups excluding tert-OH is 2. The van der Waals surface area contributed by atoms with E-state index in [0.717, 1.165) is 0 Å². The van der Waals surface area contributed by atoms with E-state index in [4.69, 9.17) is 14.2 Å². The van der Waals surface area contributed by atoms with Crippen molar-refractivity contribution in [3.63, 3.8) is 0 Å². The van der Waals surface area contributed by atoms with Gasteiger partial charge in [0.15, 0.2) is 5.78 Å². The third-order valence-electron chi connectivity index (χ3n) is 7.83. The van der Waals surface area contributed by atoms with Crippen LogP contribution in [-0.2, 0) is 14.3 Å². The normalized spacial score (nSPS) is 29.6. The zero-order valence-corrected chi connectivity index (χ0v) is 21.9. The van der Waals surface area contributed by atoms with Gasteiger partial charge in [-0.05, 0) is 43.5 Å². The first-order valence-electron chi connectivity index (χ1n) is 13.0. The molecule has 204 valence electrons. The molecule has 0 amide bonds. The van der Waals surface area contributed by atoms with Crippen molar-refractivity contribution in [1.82, 2.24) is 4.90 Å². The summed E-state index contributed by atoms with van der Waals surface area (Å²) in [6.07, 6.45) is -4.90. The van der Waals surface area contributed by atoms with Gasteiger partial charge >= 0.3 is 5.97 Å². The van der Waals surface area contributed by atoms with Gasteiger partial charge in [0, 0.05) is 23.1 Å². The van der Waals surface area contributed by atoms with Crippen molar-refractivity contribution in [2.24, 2.45) is 5.92 Å². The summed E-state index contributed by atoms with van der Waals surface area (Å²) in [5, 5.41) is 31.2.